The third-order valence-electron chi connectivity index (χ3n) is 3.25. The van der Waals surface area contributed by atoms with Gasteiger partial charge in [-0.05, 0) is 12.8 Å². The van der Waals surface area contributed by atoms with E-state index in [9.17, 15) is 0 Å². The second-order valence-electron chi connectivity index (χ2n) is 4.25. The lowest BCUT2D eigenvalue weighted by Gasteiger charge is -2.32. The molecule has 0 spiro atoms. The molecule has 1 rings (SSSR count). The summed E-state index contributed by atoms with van der Waals surface area (Å²) in [6.07, 6.45) is 7.92. The molecule has 0 N–H and O–H groups in total. The summed E-state index contributed by atoms with van der Waals surface area (Å²) in [5, 5.41) is 0. The summed E-state index contributed by atoms with van der Waals surface area (Å²) in [6, 6.07) is 0. The second kappa shape index (κ2) is 4.97. The third-order valence-corrected chi connectivity index (χ3v) is 3.25. The van der Waals surface area contributed by atoms with Crippen LogP contribution in [0, 0.1) is 5.92 Å². The van der Waals surface area contributed by atoms with E-state index in [4.69, 9.17) is 9.47 Å². The molecule has 0 aromatic carbocycles. The first-order valence-corrected chi connectivity index (χ1v) is 5.30. The minimum atomic E-state index is -0.359. The highest BCUT2D eigenvalue weighted by Crippen LogP contribution is 2.32. The van der Waals surface area contributed by atoms with E-state index in [0.29, 0.717) is 0 Å². The number of hydrogen-bond donors (Lipinski definition) is 0. The SMILES string of the molecule is COC(C)(CC1CCCCC1)OC. The van der Waals surface area contributed by atoms with Gasteiger partial charge in [-0.3, -0.25) is 0 Å². The maximum atomic E-state index is 5.37. The minimum Gasteiger partial charge on any atom is -0.353 e. The van der Waals surface area contributed by atoms with Gasteiger partial charge in [-0.25, -0.2) is 0 Å². The van der Waals surface area contributed by atoms with Gasteiger partial charge < -0.3 is 9.47 Å². The second-order valence-corrected chi connectivity index (χ2v) is 4.25. The Kier molecular flexibility index (Phi) is 4.20. The van der Waals surface area contributed by atoms with E-state index in [1.165, 1.54) is 32.1 Å². The van der Waals surface area contributed by atoms with Crippen molar-refractivity contribution in [3.05, 3.63) is 0 Å². The van der Waals surface area contributed by atoms with Crippen LogP contribution < -0.4 is 0 Å². The Labute approximate surface area is 81.6 Å². The molecule has 0 amide bonds. The molecule has 0 radical (unpaired) electrons. The molecule has 0 heterocycles. The van der Waals surface area contributed by atoms with Crippen LogP contribution in [0.4, 0.5) is 0 Å². The Hall–Kier alpha value is -0.0800. The summed E-state index contributed by atoms with van der Waals surface area (Å²) >= 11 is 0. The fourth-order valence-electron chi connectivity index (χ4n) is 2.17. The molecule has 0 aromatic heterocycles. The van der Waals surface area contributed by atoms with Crippen LogP contribution in [0.5, 0.6) is 0 Å². The Morgan fingerprint density at radius 2 is 1.62 bits per heavy atom. The van der Waals surface area contributed by atoms with Crippen molar-refractivity contribution in [1.82, 2.24) is 0 Å². The summed E-state index contributed by atoms with van der Waals surface area (Å²) in [5.74, 6) is 0.445. The van der Waals surface area contributed by atoms with Crippen molar-refractivity contribution in [2.24, 2.45) is 5.92 Å². The van der Waals surface area contributed by atoms with Gasteiger partial charge in [0.05, 0.1) is 0 Å². The van der Waals surface area contributed by atoms with Crippen LogP contribution in [0.15, 0.2) is 0 Å². The summed E-state index contributed by atoms with van der Waals surface area (Å²) in [4.78, 5) is 0. The molecule has 1 fully saturated rings. The van der Waals surface area contributed by atoms with Crippen LogP contribution in [-0.2, 0) is 9.47 Å². The summed E-state index contributed by atoms with van der Waals surface area (Å²) in [7, 11) is 3.46. The topological polar surface area (TPSA) is 18.5 Å². The molecule has 1 aliphatic rings. The number of rotatable bonds is 4. The smallest absolute Gasteiger partial charge is 0.165 e. The van der Waals surface area contributed by atoms with Crippen LogP contribution >= 0.6 is 0 Å². The van der Waals surface area contributed by atoms with E-state index >= 15 is 0 Å². The highest BCUT2D eigenvalue weighted by atomic mass is 16.7. The molecule has 0 saturated heterocycles. The van der Waals surface area contributed by atoms with Crippen LogP contribution in [-0.4, -0.2) is 20.0 Å². The van der Waals surface area contributed by atoms with E-state index in [1.54, 1.807) is 14.2 Å². The molecular formula is C11H22O2. The van der Waals surface area contributed by atoms with Crippen LogP contribution in [0.1, 0.15) is 45.4 Å². The fourth-order valence-corrected chi connectivity index (χ4v) is 2.17. The Morgan fingerprint density at radius 3 is 2.08 bits per heavy atom. The normalized spacial score (nSPS) is 20.5. The van der Waals surface area contributed by atoms with Crippen molar-refractivity contribution < 1.29 is 9.47 Å². The zero-order valence-corrected chi connectivity index (χ0v) is 9.14. The van der Waals surface area contributed by atoms with E-state index in [-0.39, 0.29) is 5.79 Å². The molecule has 1 aliphatic carbocycles. The molecule has 0 unspecified atom stereocenters. The highest BCUT2D eigenvalue weighted by molar-refractivity contribution is 4.73. The van der Waals surface area contributed by atoms with Gasteiger partial charge in [-0.15, -0.1) is 0 Å². The highest BCUT2D eigenvalue weighted by Gasteiger charge is 2.28. The van der Waals surface area contributed by atoms with E-state index in [2.05, 4.69) is 0 Å². The van der Waals surface area contributed by atoms with Crippen molar-refractivity contribution in [3.63, 3.8) is 0 Å². The van der Waals surface area contributed by atoms with Crippen molar-refractivity contribution >= 4 is 0 Å². The van der Waals surface area contributed by atoms with Gasteiger partial charge >= 0.3 is 0 Å². The molecule has 13 heavy (non-hydrogen) atoms. The van der Waals surface area contributed by atoms with E-state index in [1.807, 2.05) is 6.92 Å². The Balaban J connectivity index is 2.35. The lowest BCUT2D eigenvalue weighted by Crippen LogP contribution is -2.33. The summed E-state index contributed by atoms with van der Waals surface area (Å²) in [5.41, 5.74) is 0. The quantitative estimate of drug-likeness (QED) is 0.628. The van der Waals surface area contributed by atoms with Gasteiger partial charge in [0, 0.05) is 20.6 Å². The van der Waals surface area contributed by atoms with E-state index in [0.717, 1.165) is 12.3 Å². The van der Waals surface area contributed by atoms with Crippen molar-refractivity contribution in [2.45, 2.75) is 51.2 Å². The predicted molar refractivity (Wildman–Crippen MR) is 53.6 cm³/mol. The van der Waals surface area contributed by atoms with Crippen LogP contribution in [0.25, 0.3) is 0 Å². The van der Waals surface area contributed by atoms with Gasteiger partial charge in [-0.2, -0.15) is 0 Å². The Morgan fingerprint density at radius 1 is 1.08 bits per heavy atom. The molecule has 0 aliphatic heterocycles. The Bertz CT molecular complexity index is 135. The maximum absolute atomic E-state index is 5.37. The van der Waals surface area contributed by atoms with Gasteiger partial charge in [0.25, 0.3) is 0 Å². The molecule has 0 aromatic rings. The average Bonchev–Trinajstić information content (AvgIpc) is 2.19. The molecule has 0 atom stereocenters. The monoisotopic (exact) mass is 186 g/mol. The molecule has 78 valence electrons. The standard InChI is InChI=1S/C11H22O2/c1-11(12-2,13-3)9-10-7-5-4-6-8-10/h10H,4-9H2,1-3H3. The molecule has 2 nitrogen and oxygen atoms in total. The van der Waals surface area contributed by atoms with Crippen LogP contribution in [0.2, 0.25) is 0 Å². The average molecular weight is 186 g/mol. The largest absolute Gasteiger partial charge is 0.353 e. The zero-order valence-electron chi connectivity index (χ0n) is 9.14. The zero-order chi connectivity index (χ0) is 9.73. The summed E-state index contributed by atoms with van der Waals surface area (Å²) in [6.45, 7) is 2.03. The number of hydrogen-bond acceptors (Lipinski definition) is 2. The van der Waals surface area contributed by atoms with Gasteiger partial charge in [0.15, 0.2) is 5.79 Å². The first-order chi connectivity index (χ1) is 6.20. The summed E-state index contributed by atoms with van der Waals surface area (Å²) < 4.78 is 10.7. The van der Waals surface area contributed by atoms with Gasteiger partial charge in [-0.1, -0.05) is 32.1 Å². The third kappa shape index (κ3) is 3.28. The van der Waals surface area contributed by atoms with Gasteiger partial charge in [0.1, 0.15) is 0 Å². The lowest BCUT2D eigenvalue weighted by atomic mass is 9.85. The molecule has 1 saturated carbocycles. The maximum Gasteiger partial charge on any atom is 0.165 e. The van der Waals surface area contributed by atoms with Crippen LogP contribution in [0.3, 0.4) is 0 Å². The van der Waals surface area contributed by atoms with E-state index < -0.39 is 0 Å². The first kappa shape index (κ1) is 11.0. The molecule has 2 heteroatoms. The number of ether oxygens (including phenoxy) is 2. The van der Waals surface area contributed by atoms with Crippen molar-refractivity contribution in [1.29, 1.82) is 0 Å². The predicted octanol–water partition coefficient (Wildman–Crippen LogP) is 2.97. The number of methoxy groups -OCH3 is 2. The minimum absolute atomic E-state index is 0.359. The lowest BCUT2D eigenvalue weighted by molar-refractivity contribution is -0.205. The van der Waals surface area contributed by atoms with Crippen molar-refractivity contribution in [2.75, 3.05) is 14.2 Å². The van der Waals surface area contributed by atoms with Gasteiger partial charge in [0.2, 0.25) is 0 Å². The fraction of sp³-hybridized carbons (Fsp3) is 1.00. The molecule has 0 bridgehead atoms. The first-order valence-electron chi connectivity index (χ1n) is 5.30. The van der Waals surface area contributed by atoms with Crippen molar-refractivity contribution in [3.8, 4) is 0 Å². The molecular weight excluding hydrogens is 164 g/mol.